The number of hydrogen-bond donors (Lipinski definition) is 1. The number of rotatable bonds is 0. The molecule has 0 bridgehead atoms. The van der Waals surface area contributed by atoms with Crippen LogP contribution in [0, 0.1) is 23.2 Å². The fraction of sp³-hybridized carbons (Fsp3) is 0.889. The highest BCUT2D eigenvalue weighted by Crippen LogP contribution is 2.35. The molecule has 3 atom stereocenters. The lowest BCUT2D eigenvalue weighted by molar-refractivity contribution is 0.283. The first-order chi connectivity index (χ1) is 5.42. The Morgan fingerprint density at radius 2 is 2.09 bits per heavy atom. The number of nitriles is 1. The van der Waals surface area contributed by atoms with Crippen molar-refractivity contribution in [3.63, 3.8) is 0 Å². The molecule has 1 saturated carbocycles. The Labute approximate surface area is 67.6 Å². The van der Waals surface area contributed by atoms with E-state index in [1.807, 2.05) is 0 Å². The van der Waals surface area contributed by atoms with Gasteiger partial charge in [0.2, 0.25) is 0 Å². The third kappa shape index (κ3) is 1.14. The molecule has 1 unspecified atom stereocenters. The van der Waals surface area contributed by atoms with Crippen LogP contribution < -0.4 is 5.32 Å². The SMILES string of the molecule is N#C[C@H]1NC[C@@H]2CCCCC21. The molecular formula is C9H14N2. The third-order valence-electron chi connectivity index (χ3n) is 3.14. The summed E-state index contributed by atoms with van der Waals surface area (Å²) in [7, 11) is 0. The molecule has 2 fully saturated rings. The summed E-state index contributed by atoms with van der Waals surface area (Å²) < 4.78 is 0. The molecule has 1 saturated heterocycles. The normalized spacial score (nSPS) is 43.0. The van der Waals surface area contributed by atoms with Crippen molar-refractivity contribution in [3.8, 4) is 6.07 Å². The number of nitrogens with one attached hydrogen (secondary N) is 1. The highest BCUT2D eigenvalue weighted by Gasteiger charge is 2.36. The summed E-state index contributed by atoms with van der Waals surface area (Å²) in [5.74, 6) is 1.49. The maximum absolute atomic E-state index is 8.79. The van der Waals surface area contributed by atoms with E-state index in [2.05, 4.69) is 11.4 Å². The molecule has 11 heavy (non-hydrogen) atoms. The predicted octanol–water partition coefficient (Wildman–Crippen LogP) is 1.29. The standard InChI is InChI=1S/C9H14N2/c10-5-9-8-4-2-1-3-7(8)6-11-9/h7-9,11H,1-4,6H2/t7-,8?,9+/m0/s1. The van der Waals surface area contributed by atoms with Crippen LogP contribution in [0.5, 0.6) is 0 Å². The van der Waals surface area contributed by atoms with Crippen molar-refractivity contribution in [1.29, 1.82) is 5.26 Å². The molecule has 2 rings (SSSR count). The summed E-state index contributed by atoms with van der Waals surface area (Å²) in [4.78, 5) is 0. The van der Waals surface area contributed by atoms with Gasteiger partial charge in [0.15, 0.2) is 0 Å². The summed E-state index contributed by atoms with van der Waals surface area (Å²) >= 11 is 0. The summed E-state index contributed by atoms with van der Waals surface area (Å²) in [5.41, 5.74) is 0. The van der Waals surface area contributed by atoms with Crippen LogP contribution in [0.2, 0.25) is 0 Å². The Hall–Kier alpha value is -0.550. The first-order valence-corrected chi connectivity index (χ1v) is 4.55. The fourth-order valence-electron chi connectivity index (χ4n) is 2.50. The van der Waals surface area contributed by atoms with E-state index in [0.29, 0.717) is 5.92 Å². The monoisotopic (exact) mass is 150 g/mol. The molecule has 60 valence electrons. The van der Waals surface area contributed by atoms with Crippen molar-refractivity contribution in [3.05, 3.63) is 0 Å². The summed E-state index contributed by atoms with van der Waals surface area (Å²) in [6.45, 7) is 1.09. The van der Waals surface area contributed by atoms with E-state index in [1.165, 1.54) is 25.7 Å². The lowest BCUT2D eigenvalue weighted by Gasteiger charge is -2.25. The number of nitrogens with zero attached hydrogens (tertiary/aromatic N) is 1. The predicted molar refractivity (Wildman–Crippen MR) is 42.9 cm³/mol. The Bertz CT molecular complexity index is 182. The first kappa shape index (κ1) is 7.12. The van der Waals surface area contributed by atoms with Gasteiger partial charge in [-0.15, -0.1) is 0 Å². The van der Waals surface area contributed by atoms with Gasteiger partial charge in [-0.3, -0.25) is 0 Å². The highest BCUT2D eigenvalue weighted by molar-refractivity contribution is 5.03. The Kier molecular flexibility index (Phi) is 1.83. The second kappa shape index (κ2) is 2.83. The molecule has 0 amide bonds. The van der Waals surface area contributed by atoms with Gasteiger partial charge in [-0.1, -0.05) is 12.8 Å². The van der Waals surface area contributed by atoms with E-state index in [-0.39, 0.29) is 6.04 Å². The van der Waals surface area contributed by atoms with Crippen LogP contribution in [0.3, 0.4) is 0 Å². The van der Waals surface area contributed by atoms with Gasteiger partial charge in [0.05, 0.1) is 12.1 Å². The van der Waals surface area contributed by atoms with Gasteiger partial charge in [0.25, 0.3) is 0 Å². The third-order valence-corrected chi connectivity index (χ3v) is 3.14. The molecule has 0 aromatic rings. The minimum Gasteiger partial charge on any atom is -0.301 e. The van der Waals surface area contributed by atoms with Crippen molar-refractivity contribution in [2.75, 3.05) is 6.54 Å². The molecule has 0 spiro atoms. The molecule has 1 aliphatic heterocycles. The van der Waals surface area contributed by atoms with Crippen LogP contribution in [-0.2, 0) is 0 Å². The second-order valence-electron chi connectivity index (χ2n) is 3.72. The largest absolute Gasteiger partial charge is 0.301 e. The molecule has 2 aliphatic rings. The Morgan fingerprint density at radius 3 is 2.91 bits per heavy atom. The lowest BCUT2D eigenvalue weighted by atomic mass is 9.79. The molecule has 1 N–H and O–H groups in total. The van der Waals surface area contributed by atoms with E-state index in [9.17, 15) is 0 Å². The van der Waals surface area contributed by atoms with E-state index < -0.39 is 0 Å². The maximum Gasteiger partial charge on any atom is 0.0984 e. The van der Waals surface area contributed by atoms with Crippen LogP contribution in [-0.4, -0.2) is 12.6 Å². The molecular weight excluding hydrogens is 136 g/mol. The fourth-order valence-corrected chi connectivity index (χ4v) is 2.50. The van der Waals surface area contributed by atoms with E-state index >= 15 is 0 Å². The lowest BCUT2D eigenvalue weighted by Crippen LogP contribution is -2.26. The molecule has 2 heteroatoms. The molecule has 1 heterocycles. The van der Waals surface area contributed by atoms with Crippen LogP contribution in [0.1, 0.15) is 25.7 Å². The van der Waals surface area contributed by atoms with Crippen molar-refractivity contribution in [1.82, 2.24) is 5.32 Å². The molecule has 0 radical (unpaired) electrons. The summed E-state index contributed by atoms with van der Waals surface area (Å²) in [5, 5.41) is 12.1. The minimum absolute atomic E-state index is 0.167. The van der Waals surface area contributed by atoms with E-state index in [0.717, 1.165) is 12.5 Å². The molecule has 0 aromatic carbocycles. The zero-order valence-corrected chi connectivity index (χ0v) is 6.71. The molecule has 0 aromatic heterocycles. The Morgan fingerprint density at radius 1 is 1.27 bits per heavy atom. The Balaban J connectivity index is 2.05. The summed E-state index contributed by atoms with van der Waals surface area (Å²) in [6.07, 6.45) is 5.33. The van der Waals surface area contributed by atoms with Crippen LogP contribution >= 0.6 is 0 Å². The number of hydrogen-bond acceptors (Lipinski definition) is 2. The average molecular weight is 150 g/mol. The average Bonchev–Trinajstić information content (AvgIpc) is 2.47. The van der Waals surface area contributed by atoms with Gasteiger partial charge in [0.1, 0.15) is 0 Å². The van der Waals surface area contributed by atoms with Crippen molar-refractivity contribution in [2.24, 2.45) is 11.8 Å². The molecule has 2 nitrogen and oxygen atoms in total. The minimum atomic E-state index is 0.167. The second-order valence-corrected chi connectivity index (χ2v) is 3.72. The smallest absolute Gasteiger partial charge is 0.0984 e. The van der Waals surface area contributed by atoms with Gasteiger partial charge < -0.3 is 5.32 Å². The zero-order chi connectivity index (χ0) is 7.68. The van der Waals surface area contributed by atoms with Gasteiger partial charge in [-0.25, -0.2) is 0 Å². The van der Waals surface area contributed by atoms with Crippen LogP contribution in [0.15, 0.2) is 0 Å². The maximum atomic E-state index is 8.79. The van der Waals surface area contributed by atoms with E-state index in [1.54, 1.807) is 0 Å². The van der Waals surface area contributed by atoms with Crippen LogP contribution in [0.25, 0.3) is 0 Å². The highest BCUT2D eigenvalue weighted by atomic mass is 15.0. The van der Waals surface area contributed by atoms with Gasteiger partial charge in [-0.05, 0) is 31.2 Å². The molecule has 1 aliphatic carbocycles. The quantitative estimate of drug-likeness (QED) is 0.564. The van der Waals surface area contributed by atoms with Crippen molar-refractivity contribution in [2.45, 2.75) is 31.7 Å². The number of fused-ring (bicyclic) bond motifs is 1. The first-order valence-electron chi connectivity index (χ1n) is 4.55. The van der Waals surface area contributed by atoms with Gasteiger partial charge in [-0.2, -0.15) is 5.26 Å². The van der Waals surface area contributed by atoms with Gasteiger partial charge in [0, 0.05) is 0 Å². The zero-order valence-electron chi connectivity index (χ0n) is 6.71. The topological polar surface area (TPSA) is 35.8 Å². The van der Waals surface area contributed by atoms with Crippen LogP contribution in [0.4, 0.5) is 0 Å². The van der Waals surface area contributed by atoms with Crippen molar-refractivity contribution < 1.29 is 0 Å². The van der Waals surface area contributed by atoms with Crippen molar-refractivity contribution >= 4 is 0 Å². The van der Waals surface area contributed by atoms with E-state index in [4.69, 9.17) is 5.26 Å². The van der Waals surface area contributed by atoms with Gasteiger partial charge >= 0.3 is 0 Å². The summed E-state index contributed by atoms with van der Waals surface area (Å²) in [6, 6.07) is 2.52.